The van der Waals surface area contributed by atoms with Gasteiger partial charge in [-0.3, -0.25) is 0 Å². The Morgan fingerprint density at radius 1 is 1.47 bits per heavy atom. The van der Waals surface area contributed by atoms with Gasteiger partial charge in [0, 0.05) is 10.4 Å². The molecule has 2 N–H and O–H groups in total. The van der Waals surface area contributed by atoms with Gasteiger partial charge in [-0.25, -0.2) is 0 Å². The lowest BCUT2D eigenvalue weighted by atomic mass is 10.1. The number of hydrogen-bond donors (Lipinski definition) is 1. The van der Waals surface area contributed by atoms with E-state index in [1.807, 2.05) is 0 Å². The van der Waals surface area contributed by atoms with Crippen LogP contribution in [-0.2, 0) is 6.42 Å². The van der Waals surface area contributed by atoms with Crippen LogP contribution >= 0.6 is 11.3 Å². The lowest BCUT2D eigenvalue weighted by Crippen LogP contribution is -1.88. The zero-order valence-electron chi connectivity index (χ0n) is 9.13. The third kappa shape index (κ3) is 1.65. The number of nitrogen functional groups attached to an aromatic ring is 1. The molecular weight excluding hydrogens is 208 g/mol. The van der Waals surface area contributed by atoms with E-state index in [9.17, 15) is 0 Å². The third-order valence-electron chi connectivity index (χ3n) is 2.57. The zero-order valence-corrected chi connectivity index (χ0v) is 9.94. The van der Waals surface area contributed by atoms with E-state index in [0.717, 1.165) is 22.6 Å². The first-order valence-electron chi connectivity index (χ1n) is 4.95. The Balaban J connectivity index is 2.53. The smallest absolute Gasteiger partial charge is 0.225 e. The van der Waals surface area contributed by atoms with Crippen LogP contribution in [-0.4, -0.2) is 5.16 Å². The van der Waals surface area contributed by atoms with E-state index in [1.165, 1.54) is 10.4 Å². The molecule has 4 heteroatoms. The lowest BCUT2D eigenvalue weighted by molar-refractivity contribution is 0.439. The molecule has 0 atom stereocenters. The molecule has 0 aliphatic carbocycles. The van der Waals surface area contributed by atoms with Gasteiger partial charge in [-0.05, 0) is 31.9 Å². The maximum atomic E-state index is 5.71. The fourth-order valence-corrected chi connectivity index (χ4v) is 2.59. The maximum absolute atomic E-state index is 5.71. The van der Waals surface area contributed by atoms with Crippen molar-refractivity contribution in [3.05, 3.63) is 22.1 Å². The summed E-state index contributed by atoms with van der Waals surface area (Å²) in [4.78, 5) is 2.45. The second kappa shape index (κ2) is 3.70. The molecule has 0 fully saturated rings. The van der Waals surface area contributed by atoms with Crippen molar-refractivity contribution in [1.82, 2.24) is 5.16 Å². The van der Waals surface area contributed by atoms with Gasteiger partial charge in [-0.15, -0.1) is 11.3 Å². The summed E-state index contributed by atoms with van der Waals surface area (Å²) in [5.41, 5.74) is 8.91. The second-order valence-corrected chi connectivity index (χ2v) is 4.83. The highest BCUT2D eigenvalue weighted by Crippen LogP contribution is 2.34. The SMILES string of the molecule is CCc1c(-c2cc(C)c(C)s2)noc1N. The van der Waals surface area contributed by atoms with Crippen molar-refractivity contribution in [1.29, 1.82) is 0 Å². The van der Waals surface area contributed by atoms with E-state index in [-0.39, 0.29) is 0 Å². The van der Waals surface area contributed by atoms with E-state index in [4.69, 9.17) is 10.3 Å². The molecule has 15 heavy (non-hydrogen) atoms. The van der Waals surface area contributed by atoms with Crippen LogP contribution < -0.4 is 5.73 Å². The average molecular weight is 222 g/mol. The minimum Gasteiger partial charge on any atom is -0.367 e. The minimum absolute atomic E-state index is 0.441. The summed E-state index contributed by atoms with van der Waals surface area (Å²) in [6.07, 6.45) is 0.848. The summed E-state index contributed by atoms with van der Waals surface area (Å²) in [6.45, 7) is 6.27. The van der Waals surface area contributed by atoms with Crippen molar-refractivity contribution < 1.29 is 4.52 Å². The molecule has 0 aromatic carbocycles. The second-order valence-electron chi connectivity index (χ2n) is 3.58. The molecule has 0 aliphatic rings. The molecule has 2 rings (SSSR count). The quantitative estimate of drug-likeness (QED) is 0.849. The van der Waals surface area contributed by atoms with Crippen molar-refractivity contribution in [3.8, 4) is 10.6 Å². The molecule has 2 heterocycles. The Kier molecular flexibility index (Phi) is 2.52. The van der Waals surface area contributed by atoms with Crippen LogP contribution in [0.4, 0.5) is 5.88 Å². The van der Waals surface area contributed by atoms with Crippen molar-refractivity contribution in [2.24, 2.45) is 0 Å². The van der Waals surface area contributed by atoms with E-state index >= 15 is 0 Å². The van der Waals surface area contributed by atoms with Crippen LogP contribution in [0, 0.1) is 13.8 Å². The molecule has 0 radical (unpaired) electrons. The van der Waals surface area contributed by atoms with Crippen LogP contribution in [0.2, 0.25) is 0 Å². The third-order valence-corrected chi connectivity index (χ3v) is 3.73. The van der Waals surface area contributed by atoms with Crippen molar-refractivity contribution in [3.63, 3.8) is 0 Å². The molecule has 0 bridgehead atoms. The first-order chi connectivity index (χ1) is 7.13. The van der Waals surface area contributed by atoms with E-state index in [2.05, 4.69) is 32.0 Å². The van der Waals surface area contributed by atoms with Crippen LogP contribution in [0.25, 0.3) is 10.6 Å². The highest BCUT2D eigenvalue weighted by atomic mass is 32.1. The van der Waals surface area contributed by atoms with Gasteiger partial charge < -0.3 is 10.3 Å². The topological polar surface area (TPSA) is 52.0 Å². The fourth-order valence-electron chi connectivity index (χ4n) is 1.55. The standard InChI is InChI=1S/C11H14N2OS/c1-4-8-10(13-14-11(8)12)9-5-6(2)7(3)15-9/h5H,4,12H2,1-3H3. The van der Waals surface area contributed by atoms with Crippen molar-refractivity contribution >= 4 is 17.2 Å². The number of hydrogen-bond acceptors (Lipinski definition) is 4. The van der Waals surface area contributed by atoms with Gasteiger partial charge >= 0.3 is 0 Å². The number of rotatable bonds is 2. The Labute approximate surface area is 92.9 Å². The molecule has 2 aromatic rings. The Morgan fingerprint density at radius 3 is 2.73 bits per heavy atom. The van der Waals surface area contributed by atoms with E-state index in [0.29, 0.717) is 5.88 Å². The Hall–Kier alpha value is -1.29. The van der Waals surface area contributed by atoms with E-state index < -0.39 is 0 Å². The number of thiophene rings is 1. The Bertz CT molecular complexity index is 465. The number of nitrogens with zero attached hydrogens (tertiary/aromatic N) is 1. The minimum atomic E-state index is 0.441. The number of aryl methyl sites for hydroxylation is 2. The summed E-state index contributed by atoms with van der Waals surface area (Å²) in [5.74, 6) is 0.441. The van der Waals surface area contributed by atoms with Gasteiger partial charge in [0.1, 0.15) is 5.69 Å². The molecule has 0 aliphatic heterocycles. The number of aromatic nitrogens is 1. The molecule has 3 nitrogen and oxygen atoms in total. The van der Waals surface area contributed by atoms with Crippen molar-refractivity contribution in [2.45, 2.75) is 27.2 Å². The normalized spacial score (nSPS) is 10.9. The fraction of sp³-hybridized carbons (Fsp3) is 0.364. The molecular formula is C11H14N2OS. The predicted molar refractivity (Wildman–Crippen MR) is 63.1 cm³/mol. The van der Waals surface area contributed by atoms with Crippen molar-refractivity contribution in [2.75, 3.05) is 5.73 Å². The molecule has 0 unspecified atom stereocenters. The van der Waals surface area contributed by atoms with Gasteiger partial charge in [0.25, 0.3) is 0 Å². The molecule has 0 saturated carbocycles. The van der Waals surface area contributed by atoms with Gasteiger partial charge in [-0.2, -0.15) is 0 Å². The molecule has 0 amide bonds. The zero-order chi connectivity index (χ0) is 11.0. The summed E-state index contributed by atoms with van der Waals surface area (Å²) in [7, 11) is 0. The van der Waals surface area contributed by atoms with Crippen LogP contribution in [0.5, 0.6) is 0 Å². The van der Waals surface area contributed by atoms with Crippen LogP contribution in [0.3, 0.4) is 0 Å². The van der Waals surface area contributed by atoms with E-state index in [1.54, 1.807) is 11.3 Å². The molecule has 0 spiro atoms. The summed E-state index contributed by atoms with van der Waals surface area (Å²) < 4.78 is 5.02. The summed E-state index contributed by atoms with van der Waals surface area (Å²) in [6, 6.07) is 2.14. The molecule has 2 aromatic heterocycles. The Morgan fingerprint density at radius 2 is 2.20 bits per heavy atom. The average Bonchev–Trinajstić information content (AvgIpc) is 2.71. The molecule has 0 saturated heterocycles. The lowest BCUT2D eigenvalue weighted by Gasteiger charge is -1.94. The largest absolute Gasteiger partial charge is 0.367 e. The van der Waals surface area contributed by atoms with Crippen LogP contribution in [0.1, 0.15) is 22.9 Å². The number of anilines is 1. The van der Waals surface area contributed by atoms with Crippen LogP contribution in [0.15, 0.2) is 10.6 Å². The van der Waals surface area contributed by atoms with Gasteiger partial charge in [0.2, 0.25) is 5.88 Å². The first-order valence-corrected chi connectivity index (χ1v) is 5.76. The van der Waals surface area contributed by atoms with Gasteiger partial charge in [0.15, 0.2) is 0 Å². The predicted octanol–water partition coefficient (Wildman–Crippen LogP) is 3.16. The summed E-state index contributed by atoms with van der Waals surface area (Å²) in [5, 5.41) is 4.02. The number of nitrogens with two attached hydrogens (primary N) is 1. The van der Waals surface area contributed by atoms with Gasteiger partial charge in [-0.1, -0.05) is 12.1 Å². The first kappa shape index (κ1) is 10.2. The van der Waals surface area contributed by atoms with Gasteiger partial charge in [0.05, 0.1) is 4.88 Å². The monoisotopic (exact) mass is 222 g/mol. The highest BCUT2D eigenvalue weighted by Gasteiger charge is 2.15. The summed E-state index contributed by atoms with van der Waals surface area (Å²) >= 11 is 1.73. The highest BCUT2D eigenvalue weighted by molar-refractivity contribution is 7.15. The molecule has 80 valence electrons. The maximum Gasteiger partial charge on any atom is 0.225 e.